The van der Waals surface area contributed by atoms with Crippen molar-refractivity contribution in [3.8, 4) is 0 Å². The maximum Gasteiger partial charge on any atom is 0.0499 e. The Balaban J connectivity index is 3.00. The highest BCUT2D eigenvalue weighted by atomic mass is 79.9. The van der Waals surface area contributed by atoms with Gasteiger partial charge in [0.15, 0.2) is 0 Å². The van der Waals surface area contributed by atoms with E-state index in [0.717, 1.165) is 24.0 Å². The summed E-state index contributed by atoms with van der Waals surface area (Å²) < 4.78 is 1.14. The van der Waals surface area contributed by atoms with Crippen LogP contribution >= 0.6 is 15.9 Å². The SMILES string of the molecule is CCCCN(CCCC)C(c1cccc(Br)c1)C(N)CC. The van der Waals surface area contributed by atoms with E-state index in [1.165, 1.54) is 31.2 Å². The Bertz CT molecular complexity index is 387. The predicted octanol–water partition coefficient (Wildman–Crippen LogP) is 5.13. The number of benzene rings is 1. The van der Waals surface area contributed by atoms with Gasteiger partial charge in [-0.15, -0.1) is 0 Å². The van der Waals surface area contributed by atoms with Gasteiger partial charge in [0.2, 0.25) is 0 Å². The van der Waals surface area contributed by atoms with Gasteiger partial charge in [0.05, 0.1) is 0 Å². The topological polar surface area (TPSA) is 29.3 Å². The molecule has 1 rings (SSSR count). The van der Waals surface area contributed by atoms with Crippen LogP contribution in [0.2, 0.25) is 0 Å². The van der Waals surface area contributed by atoms with Crippen LogP contribution in [0.1, 0.15) is 64.5 Å². The Morgan fingerprint density at radius 1 is 1.10 bits per heavy atom. The third-order valence-electron chi connectivity index (χ3n) is 4.06. The van der Waals surface area contributed by atoms with Crippen molar-refractivity contribution < 1.29 is 0 Å². The van der Waals surface area contributed by atoms with Gasteiger partial charge in [0.1, 0.15) is 0 Å². The van der Waals surface area contributed by atoms with Gasteiger partial charge in [-0.2, -0.15) is 0 Å². The lowest BCUT2D eigenvalue weighted by atomic mass is 9.95. The number of unbranched alkanes of at least 4 members (excludes halogenated alkanes) is 2. The van der Waals surface area contributed by atoms with E-state index in [0.29, 0.717) is 6.04 Å². The zero-order valence-electron chi connectivity index (χ0n) is 13.8. The van der Waals surface area contributed by atoms with Gasteiger partial charge in [0.25, 0.3) is 0 Å². The van der Waals surface area contributed by atoms with Crippen LogP contribution in [0.15, 0.2) is 28.7 Å². The number of rotatable bonds is 10. The first-order valence-electron chi connectivity index (χ1n) is 8.39. The molecular formula is C18H31BrN2. The first kappa shape index (κ1) is 18.7. The smallest absolute Gasteiger partial charge is 0.0499 e. The molecule has 2 unspecified atom stereocenters. The Morgan fingerprint density at radius 2 is 1.71 bits per heavy atom. The van der Waals surface area contributed by atoms with Crippen LogP contribution in [0.5, 0.6) is 0 Å². The second-order valence-electron chi connectivity index (χ2n) is 5.82. The molecule has 2 atom stereocenters. The molecule has 0 radical (unpaired) electrons. The number of hydrogen-bond donors (Lipinski definition) is 1. The van der Waals surface area contributed by atoms with E-state index in [1.807, 2.05) is 0 Å². The summed E-state index contributed by atoms with van der Waals surface area (Å²) in [6.45, 7) is 8.98. The Morgan fingerprint density at radius 3 is 2.19 bits per heavy atom. The first-order valence-corrected chi connectivity index (χ1v) is 9.18. The second kappa shape index (κ2) is 10.4. The normalized spacial score (nSPS) is 14.4. The van der Waals surface area contributed by atoms with Gasteiger partial charge >= 0.3 is 0 Å². The van der Waals surface area contributed by atoms with Crippen molar-refractivity contribution in [2.24, 2.45) is 5.73 Å². The molecule has 0 amide bonds. The Kier molecular flexibility index (Phi) is 9.21. The molecule has 3 heteroatoms. The molecule has 120 valence electrons. The molecule has 0 aliphatic carbocycles. The third kappa shape index (κ3) is 6.09. The van der Waals surface area contributed by atoms with Crippen molar-refractivity contribution >= 4 is 15.9 Å². The van der Waals surface area contributed by atoms with Crippen LogP contribution in [-0.2, 0) is 0 Å². The fourth-order valence-corrected chi connectivity index (χ4v) is 3.17. The summed E-state index contributed by atoms with van der Waals surface area (Å²) in [7, 11) is 0. The van der Waals surface area contributed by atoms with E-state index in [2.05, 4.69) is 65.9 Å². The lowest BCUT2D eigenvalue weighted by Gasteiger charge is -2.36. The molecule has 2 N–H and O–H groups in total. The highest BCUT2D eigenvalue weighted by Gasteiger charge is 2.25. The van der Waals surface area contributed by atoms with Crippen LogP contribution in [0, 0.1) is 0 Å². The van der Waals surface area contributed by atoms with Crippen molar-refractivity contribution in [3.05, 3.63) is 34.3 Å². The van der Waals surface area contributed by atoms with Crippen LogP contribution in [-0.4, -0.2) is 24.0 Å². The molecule has 0 heterocycles. The average molecular weight is 355 g/mol. The first-order chi connectivity index (χ1) is 10.1. The predicted molar refractivity (Wildman–Crippen MR) is 96.5 cm³/mol. The van der Waals surface area contributed by atoms with E-state index in [-0.39, 0.29) is 6.04 Å². The van der Waals surface area contributed by atoms with Gasteiger partial charge in [-0.1, -0.05) is 61.7 Å². The summed E-state index contributed by atoms with van der Waals surface area (Å²) in [5, 5.41) is 0. The largest absolute Gasteiger partial charge is 0.326 e. The number of nitrogens with zero attached hydrogens (tertiary/aromatic N) is 1. The second-order valence-corrected chi connectivity index (χ2v) is 6.73. The van der Waals surface area contributed by atoms with Crippen LogP contribution < -0.4 is 5.73 Å². The zero-order valence-corrected chi connectivity index (χ0v) is 15.4. The minimum absolute atomic E-state index is 0.188. The minimum Gasteiger partial charge on any atom is -0.326 e. The summed E-state index contributed by atoms with van der Waals surface area (Å²) in [6.07, 6.45) is 5.95. The molecule has 0 spiro atoms. The lowest BCUT2D eigenvalue weighted by Crippen LogP contribution is -2.42. The van der Waals surface area contributed by atoms with Gasteiger partial charge in [0, 0.05) is 16.6 Å². The minimum atomic E-state index is 0.188. The highest BCUT2D eigenvalue weighted by Crippen LogP contribution is 2.28. The highest BCUT2D eigenvalue weighted by molar-refractivity contribution is 9.10. The molecule has 1 aromatic carbocycles. The van der Waals surface area contributed by atoms with E-state index >= 15 is 0 Å². The molecule has 0 aromatic heterocycles. The molecule has 1 aromatic rings. The van der Waals surface area contributed by atoms with Crippen molar-refractivity contribution in [3.63, 3.8) is 0 Å². The summed E-state index contributed by atoms with van der Waals surface area (Å²) in [4.78, 5) is 2.60. The number of nitrogens with two attached hydrogens (primary N) is 1. The van der Waals surface area contributed by atoms with E-state index in [4.69, 9.17) is 5.73 Å². The molecule has 21 heavy (non-hydrogen) atoms. The summed E-state index contributed by atoms with van der Waals surface area (Å²) in [5.41, 5.74) is 7.83. The monoisotopic (exact) mass is 354 g/mol. The van der Waals surface area contributed by atoms with E-state index in [1.54, 1.807) is 0 Å². The van der Waals surface area contributed by atoms with Gasteiger partial charge in [-0.25, -0.2) is 0 Å². The van der Waals surface area contributed by atoms with Crippen molar-refractivity contribution in [1.29, 1.82) is 0 Å². The maximum absolute atomic E-state index is 6.49. The van der Waals surface area contributed by atoms with Crippen LogP contribution in [0.3, 0.4) is 0 Å². The summed E-state index contributed by atoms with van der Waals surface area (Å²) >= 11 is 3.60. The number of hydrogen-bond acceptors (Lipinski definition) is 2. The van der Waals surface area contributed by atoms with Gasteiger partial charge in [-0.05, 0) is 50.0 Å². The molecule has 0 aliphatic heterocycles. The standard InChI is InChI=1S/C18H31BrN2/c1-4-7-12-21(13-8-5-2)18(17(20)6-3)15-10-9-11-16(19)14-15/h9-11,14,17-18H,4-8,12-13,20H2,1-3H3. The number of halogens is 1. The van der Waals surface area contributed by atoms with Crippen LogP contribution in [0.25, 0.3) is 0 Å². The molecule has 0 saturated heterocycles. The van der Waals surface area contributed by atoms with Crippen molar-refractivity contribution in [1.82, 2.24) is 4.90 Å². The third-order valence-corrected chi connectivity index (χ3v) is 4.55. The quantitative estimate of drug-likeness (QED) is 0.630. The Hall–Kier alpha value is -0.380. The summed E-state index contributed by atoms with van der Waals surface area (Å²) in [6, 6.07) is 9.16. The summed E-state index contributed by atoms with van der Waals surface area (Å²) in [5.74, 6) is 0. The molecule has 2 nitrogen and oxygen atoms in total. The fraction of sp³-hybridized carbons (Fsp3) is 0.667. The van der Waals surface area contributed by atoms with E-state index in [9.17, 15) is 0 Å². The van der Waals surface area contributed by atoms with Crippen molar-refractivity contribution in [2.45, 2.75) is 65.0 Å². The molecule has 0 fully saturated rings. The van der Waals surface area contributed by atoms with Gasteiger partial charge < -0.3 is 5.73 Å². The van der Waals surface area contributed by atoms with Crippen LogP contribution in [0.4, 0.5) is 0 Å². The average Bonchev–Trinajstić information content (AvgIpc) is 2.49. The van der Waals surface area contributed by atoms with E-state index < -0.39 is 0 Å². The van der Waals surface area contributed by atoms with Crippen molar-refractivity contribution in [2.75, 3.05) is 13.1 Å². The molecule has 0 aliphatic rings. The molecule has 0 bridgehead atoms. The lowest BCUT2D eigenvalue weighted by molar-refractivity contribution is 0.164. The zero-order chi connectivity index (χ0) is 15.7. The molecular weight excluding hydrogens is 324 g/mol. The Labute approximate surface area is 139 Å². The van der Waals surface area contributed by atoms with Gasteiger partial charge in [-0.3, -0.25) is 4.90 Å². The fourth-order valence-electron chi connectivity index (χ4n) is 2.76. The maximum atomic E-state index is 6.49. The molecule has 0 saturated carbocycles.